The lowest BCUT2D eigenvalue weighted by molar-refractivity contribution is 0.345. The molecule has 9 aromatic rings. The van der Waals surface area contributed by atoms with Crippen LogP contribution in [0.1, 0.15) is 34.6 Å². The normalized spacial score (nSPS) is 16.0. The molecule has 0 amide bonds. The Morgan fingerprint density at radius 3 is 1.95 bits per heavy atom. The third-order valence-electron chi connectivity index (χ3n) is 12.2. The second-order valence-electron chi connectivity index (χ2n) is 15.1. The maximum atomic E-state index is 7.14. The maximum absolute atomic E-state index is 7.14. The standard InChI is InChI=1S/C53H34N2O2/c1-2-15-33(16-3-1)46-32-47(34-29-30-39-38-20-8-12-27-48(38)56-50(39)31-34)55-52(54-46)41-21-5-4-17-35(41)40-22-14-26-45-51(40)57-49-28-13-11-25-44(49)53(45)42-23-9-6-18-36(42)37-19-7-10-24-43(37)53/h1-21,23-32,40H,22H2. The molecule has 57 heavy (non-hydrogen) atoms. The van der Waals surface area contributed by atoms with E-state index in [1.54, 1.807) is 0 Å². The number of ether oxygens (including phenoxy) is 1. The largest absolute Gasteiger partial charge is 0.460 e. The van der Waals surface area contributed by atoms with Gasteiger partial charge in [0.15, 0.2) is 5.82 Å². The van der Waals surface area contributed by atoms with E-state index in [4.69, 9.17) is 19.1 Å². The zero-order chi connectivity index (χ0) is 37.5. The highest BCUT2D eigenvalue weighted by Gasteiger charge is 2.52. The number of hydrogen-bond donors (Lipinski definition) is 0. The van der Waals surface area contributed by atoms with Crippen molar-refractivity contribution in [3.8, 4) is 50.8 Å². The van der Waals surface area contributed by atoms with Crippen LogP contribution in [0.15, 0.2) is 204 Å². The van der Waals surface area contributed by atoms with Crippen LogP contribution in [0.2, 0.25) is 0 Å². The first-order chi connectivity index (χ1) is 28.3. The molecule has 2 aliphatic carbocycles. The average Bonchev–Trinajstić information content (AvgIpc) is 3.80. The Morgan fingerprint density at radius 1 is 0.509 bits per heavy atom. The number of allylic oxidation sites excluding steroid dienone is 4. The zero-order valence-corrected chi connectivity index (χ0v) is 30.9. The van der Waals surface area contributed by atoms with Crippen LogP contribution in [0.5, 0.6) is 5.75 Å². The first-order valence-corrected chi connectivity index (χ1v) is 19.6. The van der Waals surface area contributed by atoms with Gasteiger partial charge in [0.2, 0.25) is 0 Å². The molecule has 12 rings (SSSR count). The lowest BCUT2D eigenvalue weighted by Crippen LogP contribution is -2.36. The molecule has 3 heterocycles. The minimum Gasteiger partial charge on any atom is -0.460 e. The fraction of sp³-hybridized carbons (Fsp3) is 0.0566. The molecule has 1 unspecified atom stereocenters. The Hall–Kier alpha value is -7.30. The van der Waals surface area contributed by atoms with E-state index in [0.29, 0.717) is 5.82 Å². The fourth-order valence-electron chi connectivity index (χ4n) is 9.71. The van der Waals surface area contributed by atoms with Gasteiger partial charge in [-0.3, -0.25) is 0 Å². The Bertz CT molecular complexity index is 3110. The zero-order valence-electron chi connectivity index (χ0n) is 30.9. The van der Waals surface area contributed by atoms with Crippen molar-refractivity contribution in [2.45, 2.75) is 17.8 Å². The van der Waals surface area contributed by atoms with Crippen molar-refractivity contribution in [2.24, 2.45) is 0 Å². The summed E-state index contributed by atoms with van der Waals surface area (Å²) in [6.07, 6.45) is 5.44. The van der Waals surface area contributed by atoms with E-state index in [0.717, 1.165) is 73.5 Å². The van der Waals surface area contributed by atoms with Gasteiger partial charge in [-0.05, 0) is 64.6 Å². The number of nitrogens with zero attached hydrogens (tertiary/aromatic N) is 2. The summed E-state index contributed by atoms with van der Waals surface area (Å²) >= 11 is 0. The number of fused-ring (bicyclic) bond motifs is 11. The molecular formula is C53H34N2O2. The summed E-state index contributed by atoms with van der Waals surface area (Å²) in [5.74, 6) is 2.47. The van der Waals surface area contributed by atoms with Gasteiger partial charge in [-0.15, -0.1) is 0 Å². The first kappa shape index (κ1) is 32.0. The van der Waals surface area contributed by atoms with E-state index >= 15 is 0 Å². The molecule has 0 saturated carbocycles. The van der Waals surface area contributed by atoms with Crippen molar-refractivity contribution in [3.63, 3.8) is 0 Å². The van der Waals surface area contributed by atoms with Gasteiger partial charge in [0.25, 0.3) is 0 Å². The number of rotatable bonds is 4. The lowest BCUT2D eigenvalue weighted by Gasteiger charge is -2.43. The van der Waals surface area contributed by atoms with Crippen molar-refractivity contribution in [2.75, 3.05) is 0 Å². The molecule has 4 heteroatoms. The van der Waals surface area contributed by atoms with Crippen molar-refractivity contribution in [3.05, 3.63) is 222 Å². The average molecular weight is 731 g/mol. The van der Waals surface area contributed by atoms with Gasteiger partial charge in [0, 0.05) is 44.5 Å². The topological polar surface area (TPSA) is 48.2 Å². The summed E-state index contributed by atoms with van der Waals surface area (Å²) in [6, 6.07) is 62.0. The number of aromatic nitrogens is 2. The molecule has 1 spiro atoms. The van der Waals surface area contributed by atoms with E-state index in [-0.39, 0.29) is 5.92 Å². The summed E-state index contributed by atoms with van der Waals surface area (Å²) in [7, 11) is 0. The van der Waals surface area contributed by atoms with Gasteiger partial charge in [0.1, 0.15) is 22.7 Å². The molecular weight excluding hydrogens is 697 g/mol. The summed E-state index contributed by atoms with van der Waals surface area (Å²) < 4.78 is 13.5. The van der Waals surface area contributed by atoms with E-state index in [1.807, 2.05) is 18.2 Å². The number of hydrogen-bond acceptors (Lipinski definition) is 4. The molecule has 0 bridgehead atoms. The van der Waals surface area contributed by atoms with Crippen molar-refractivity contribution < 1.29 is 9.15 Å². The van der Waals surface area contributed by atoms with Crippen LogP contribution < -0.4 is 4.74 Å². The van der Waals surface area contributed by atoms with Gasteiger partial charge < -0.3 is 9.15 Å². The second kappa shape index (κ2) is 12.4. The van der Waals surface area contributed by atoms with Crippen LogP contribution in [-0.2, 0) is 5.41 Å². The molecule has 4 nitrogen and oxygen atoms in total. The first-order valence-electron chi connectivity index (χ1n) is 19.6. The maximum Gasteiger partial charge on any atom is 0.160 e. The molecule has 0 saturated heterocycles. The molecule has 3 aliphatic rings. The van der Waals surface area contributed by atoms with Crippen LogP contribution in [0.25, 0.3) is 67.0 Å². The minimum absolute atomic E-state index is 0.0781. The summed E-state index contributed by atoms with van der Waals surface area (Å²) in [5.41, 5.74) is 14.5. The summed E-state index contributed by atoms with van der Waals surface area (Å²) in [4.78, 5) is 10.7. The van der Waals surface area contributed by atoms with Crippen LogP contribution in [0, 0.1) is 0 Å². The van der Waals surface area contributed by atoms with Gasteiger partial charge in [-0.25, -0.2) is 9.97 Å². The Balaban J connectivity index is 1.06. The molecule has 1 aliphatic heterocycles. The van der Waals surface area contributed by atoms with Crippen LogP contribution in [0.3, 0.4) is 0 Å². The molecule has 0 N–H and O–H groups in total. The third-order valence-corrected chi connectivity index (χ3v) is 12.2. The van der Waals surface area contributed by atoms with E-state index in [1.165, 1.54) is 33.4 Å². The SMILES string of the molecule is C1=CC2=C(Oc3ccccc3C23c2ccccc2-c2ccccc23)C(c2ccccc2-c2nc(-c3ccccc3)cc(-c3ccc4c(c3)oc3ccccc34)n2)C1. The molecule has 0 radical (unpaired) electrons. The summed E-state index contributed by atoms with van der Waals surface area (Å²) in [6.45, 7) is 0. The molecule has 0 fully saturated rings. The molecule has 268 valence electrons. The predicted octanol–water partition coefficient (Wildman–Crippen LogP) is 13.1. The molecule has 1 atom stereocenters. The highest BCUT2D eigenvalue weighted by atomic mass is 16.5. The fourth-order valence-corrected chi connectivity index (χ4v) is 9.71. The van der Waals surface area contributed by atoms with Gasteiger partial charge >= 0.3 is 0 Å². The van der Waals surface area contributed by atoms with Gasteiger partial charge in [-0.1, -0.05) is 158 Å². The summed E-state index contributed by atoms with van der Waals surface area (Å²) in [5, 5.41) is 2.20. The predicted molar refractivity (Wildman–Crippen MR) is 228 cm³/mol. The Morgan fingerprint density at radius 2 is 1.14 bits per heavy atom. The monoisotopic (exact) mass is 730 g/mol. The van der Waals surface area contributed by atoms with Crippen LogP contribution >= 0.6 is 0 Å². The van der Waals surface area contributed by atoms with Crippen molar-refractivity contribution in [1.82, 2.24) is 9.97 Å². The van der Waals surface area contributed by atoms with Crippen LogP contribution in [0.4, 0.5) is 0 Å². The van der Waals surface area contributed by atoms with Gasteiger partial charge in [-0.2, -0.15) is 0 Å². The number of furan rings is 1. The quantitative estimate of drug-likeness (QED) is 0.181. The smallest absolute Gasteiger partial charge is 0.160 e. The van der Waals surface area contributed by atoms with Crippen LogP contribution in [-0.4, -0.2) is 9.97 Å². The Kier molecular flexibility index (Phi) is 6.93. The van der Waals surface area contributed by atoms with E-state index < -0.39 is 5.41 Å². The number of benzene rings is 7. The van der Waals surface area contributed by atoms with E-state index in [2.05, 4.69) is 170 Å². The highest BCUT2D eigenvalue weighted by Crippen LogP contribution is 2.62. The number of para-hydroxylation sites is 2. The van der Waals surface area contributed by atoms with E-state index in [9.17, 15) is 0 Å². The third kappa shape index (κ3) is 4.68. The molecule has 7 aromatic carbocycles. The van der Waals surface area contributed by atoms with Crippen molar-refractivity contribution in [1.29, 1.82) is 0 Å². The lowest BCUT2D eigenvalue weighted by atomic mass is 9.63. The van der Waals surface area contributed by atoms with Crippen molar-refractivity contribution >= 4 is 21.9 Å². The Labute approximate surface area is 330 Å². The van der Waals surface area contributed by atoms with Gasteiger partial charge in [0.05, 0.1) is 16.8 Å². The molecule has 2 aromatic heterocycles. The highest BCUT2D eigenvalue weighted by molar-refractivity contribution is 6.05. The minimum atomic E-state index is -0.520. The second-order valence-corrected chi connectivity index (χ2v) is 15.1.